The minimum Gasteiger partial charge on any atom is -0.444 e. The molecule has 1 aromatic heterocycles. The number of nitrogens with one attached hydrogen (secondary N) is 1. The van der Waals surface area contributed by atoms with Crippen LogP contribution in [0.3, 0.4) is 0 Å². The Balaban J connectivity index is 2.51. The number of oxazole rings is 1. The van der Waals surface area contributed by atoms with Crippen molar-refractivity contribution in [2.75, 3.05) is 12.4 Å². The second-order valence-corrected chi connectivity index (χ2v) is 5.39. The molecule has 0 spiro atoms. The lowest BCUT2D eigenvalue weighted by Crippen LogP contribution is -2.26. The summed E-state index contributed by atoms with van der Waals surface area (Å²) in [6, 6.07) is 0. The number of nitrogens with zero attached hydrogens (tertiary/aromatic N) is 1. The molecule has 0 atom stereocenters. The molecule has 0 amide bonds. The number of aromatic nitrogens is 1. The molecule has 0 unspecified atom stereocenters. The molecule has 0 aliphatic carbocycles. The molecule has 1 aromatic rings. The standard InChI is InChI=1S/C9H16N2O4S/c1-7-8(2)15-9(11-7)6-10-16(13,14)5-3-4-12/h10,12H,3-6H2,1-2H3. The predicted octanol–water partition coefficient (Wildman–Crippen LogP) is 0.0932. The molecular formula is C9H16N2O4S. The minimum absolute atomic E-state index is 0.0441. The van der Waals surface area contributed by atoms with Gasteiger partial charge in [-0.05, 0) is 20.3 Å². The Hall–Kier alpha value is -0.920. The maximum absolute atomic E-state index is 11.4. The van der Waals surface area contributed by atoms with Gasteiger partial charge in [-0.15, -0.1) is 0 Å². The van der Waals surface area contributed by atoms with Crippen molar-refractivity contribution in [3.8, 4) is 0 Å². The van der Waals surface area contributed by atoms with E-state index in [4.69, 9.17) is 9.52 Å². The van der Waals surface area contributed by atoms with Gasteiger partial charge in [-0.3, -0.25) is 0 Å². The largest absolute Gasteiger partial charge is 0.444 e. The normalized spacial score (nSPS) is 11.9. The van der Waals surface area contributed by atoms with Crippen molar-refractivity contribution in [3.05, 3.63) is 17.3 Å². The number of hydrogen-bond acceptors (Lipinski definition) is 5. The van der Waals surface area contributed by atoms with E-state index in [1.54, 1.807) is 13.8 Å². The van der Waals surface area contributed by atoms with Gasteiger partial charge in [0.1, 0.15) is 5.76 Å². The van der Waals surface area contributed by atoms with Gasteiger partial charge in [0.2, 0.25) is 15.9 Å². The highest BCUT2D eigenvalue weighted by molar-refractivity contribution is 7.89. The quantitative estimate of drug-likeness (QED) is 0.744. The van der Waals surface area contributed by atoms with Crippen LogP contribution in [0.25, 0.3) is 0 Å². The first-order valence-corrected chi connectivity index (χ1v) is 6.61. The molecule has 0 radical (unpaired) electrons. The van der Waals surface area contributed by atoms with Gasteiger partial charge in [-0.1, -0.05) is 0 Å². The fraction of sp³-hybridized carbons (Fsp3) is 0.667. The van der Waals surface area contributed by atoms with Gasteiger partial charge in [0.25, 0.3) is 0 Å². The van der Waals surface area contributed by atoms with Crippen molar-refractivity contribution in [2.24, 2.45) is 0 Å². The number of aliphatic hydroxyl groups is 1. The van der Waals surface area contributed by atoms with Crippen molar-refractivity contribution in [1.82, 2.24) is 9.71 Å². The average Bonchev–Trinajstić information content (AvgIpc) is 2.53. The summed E-state index contributed by atoms with van der Waals surface area (Å²) >= 11 is 0. The van der Waals surface area contributed by atoms with Crippen molar-refractivity contribution in [2.45, 2.75) is 26.8 Å². The molecule has 2 N–H and O–H groups in total. The first-order valence-electron chi connectivity index (χ1n) is 4.95. The SMILES string of the molecule is Cc1nc(CNS(=O)(=O)CCCO)oc1C. The van der Waals surface area contributed by atoms with Crippen LogP contribution in [0.1, 0.15) is 23.8 Å². The Morgan fingerprint density at radius 2 is 2.12 bits per heavy atom. The summed E-state index contributed by atoms with van der Waals surface area (Å²) < 4.78 is 30.3. The van der Waals surface area contributed by atoms with Crippen LogP contribution in [0.5, 0.6) is 0 Å². The van der Waals surface area contributed by atoms with Gasteiger partial charge in [0.15, 0.2) is 0 Å². The second-order valence-electron chi connectivity index (χ2n) is 3.47. The summed E-state index contributed by atoms with van der Waals surface area (Å²) in [4.78, 5) is 4.05. The molecule has 7 heteroatoms. The van der Waals surface area contributed by atoms with Crippen molar-refractivity contribution >= 4 is 10.0 Å². The molecule has 1 heterocycles. The van der Waals surface area contributed by atoms with Crippen LogP contribution in [-0.2, 0) is 16.6 Å². The molecule has 0 fully saturated rings. The summed E-state index contributed by atoms with van der Waals surface area (Å²) in [5.74, 6) is 0.939. The maximum atomic E-state index is 11.4. The first-order chi connectivity index (χ1) is 7.44. The van der Waals surface area contributed by atoms with E-state index in [9.17, 15) is 8.42 Å². The van der Waals surface area contributed by atoms with E-state index in [1.165, 1.54) is 0 Å². The number of aryl methyl sites for hydroxylation is 2. The van der Waals surface area contributed by atoms with Crippen LogP contribution < -0.4 is 4.72 Å². The molecule has 0 bridgehead atoms. The monoisotopic (exact) mass is 248 g/mol. The zero-order valence-corrected chi connectivity index (χ0v) is 10.2. The molecule has 6 nitrogen and oxygen atoms in total. The summed E-state index contributed by atoms with van der Waals surface area (Å²) in [5, 5.41) is 8.53. The zero-order chi connectivity index (χ0) is 12.2. The van der Waals surface area contributed by atoms with E-state index in [1.807, 2.05) is 0 Å². The number of sulfonamides is 1. The minimum atomic E-state index is -3.36. The highest BCUT2D eigenvalue weighted by Crippen LogP contribution is 2.08. The zero-order valence-electron chi connectivity index (χ0n) is 9.36. The fourth-order valence-electron chi connectivity index (χ4n) is 1.11. The van der Waals surface area contributed by atoms with E-state index >= 15 is 0 Å². The van der Waals surface area contributed by atoms with Crippen molar-refractivity contribution in [3.63, 3.8) is 0 Å². The third-order valence-corrected chi connectivity index (χ3v) is 3.50. The number of aliphatic hydroxyl groups excluding tert-OH is 1. The van der Waals surface area contributed by atoms with Crippen LogP contribution in [-0.4, -0.2) is 30.9 Å². The van der Waals surface area contributed by atoms with Crippen LogP contribution >= 0.6 is 0 Å². The smallest absolute Gasteiger partial charge is 0.212 e. The van der Waals surface area contributed by atoms with E-state index < -0.39 is 10.0 Å². The molecule has 0 aromatic carbocycles. The lowest BCUT2D eigenvalue weighted by atomic mass is 10.4. The molecule has 0 saturated carbocycles. The van der Waals surface area contributed by atoms with Gasteiger partial charge >= 0.3 is 0 Å². The Labute approximate surface area is 94.7 Å². The highest BCUT2D eigenvalue weighted by Gasteiger charge is 2.12. The van der Waals surface area contributed by atoms with Crippen molar-refractivity contribution in [1.29, 1.82) is 0 Å². The van der Waals surface area contributed by atoms with Crippen LogP contribution in [0.2, 0.25) is 0 Å². The first kappa shape index (κ1) is 13.1. The van der Waals surface area contributed by atoms with E-state index in [2.05, 4.69) is 9.71 Å². The Bertz CT molecular complexity index is 419. The topological polar surface area (TPSA) is 92.4 Å². The molecule has 0 aliphatic rings. The molecule has 16 heavy (non-hydrogen) atoms. The second kappa shape index (κ2) is 5.42. The van der Waals surface area contributed by atoms with Gasteiger partial charge in [-0.2, -0.15) is 0 Å². The van der Waals surface area contributed by atoms with Crippen LogP contribution in [0.15, 0.2) is 4.42 Å². The summed E-state index contributed by atoms with van der Waals surface area (Å²) in [6.07, 6.45) is 0.221. The summed E-state index contributed by atoms with van der Waals surface area (Å²) in [7, 11) is -3.36. The Kier molecular flexibility index (Phi) is 4.45. The summed E-state index contributed by atoms with van der Waals surface area (Å²) in [6.45, 7) is 3.47. The van der Waals surface area contributed by atoms with Gasteiger partial charge in [0.05, 0.1) is 18.0 Å². The highest BCUT2D eigenvalue weighted by atomic mass is 32.2. The molecular weight excluding hydrogens is 232 g/mol. The third kappa shape index (κ3) is 3.92. The van der Waals surface area contributed by atoms with Crippen LogP contribution in [0.4, 0.5) is 0 Å². The Morgan fingerprint density at radius 3 is 2.62 bits per heavy atom. The number of rotatable bonds is 6. The average molecular weight is 248 g/mol. The van der Waals surface area contributed by atoms with Gasteiger partial charge in [0, 0.05) is 6.61 Å². The Morgan fingerprint density at radius 1 is 1.44 bits per heavy atom. The predicted molar refractivity (Wildman–Crippen MR) is 58.3 cm³/mol. The van der Waals surface area contributed by atoms with E-state index in [0.29, 0.717) is 11.7 Å². The lowest BCUT2D eigenvalue weighted by molar-refractivity contribution is 0.295. The van der Waals surface area contributed by atoms with Crippen molar-refractivity contribution < 1.29 is 17.9 Å². The summed E-state index contributed by atoms with van der Waals surface area (Å²) in [5.41, 5.74) is 0.754. The molecule has 0 saturated heterocycles. The molecule has 0 aliphatic heterocycles. The maximum Gasteiger partial charge on any atom is 0.212 e. The van der Waals surface area contributed by atoms with Gasteiger partial charge in [-0.25, -0.2) is 18.1 Å². The third-order valence-electron chi connectivity index (χ3n) is 2.09. The fourth-order valence-corrected chi connectivity index (χ4v) is 2.11. The molecule has 1 rings (SSSR count). The van der Waals surface area contributed by atoms with E-state index in [-0.39, 0.29) is 25.3 Å². The van der Waals surface area contributed by atoms with Gasteiger partial charge < -0.3 is 9.52 Å². The number of hydrogen-bond donors (Lipinski definition) is 2. The van der Waals surface area contributed by atoms with E-state index in [0.717, 1.165) is 5.69 Å². The molecule has 92 valence electrons. The lowest BCUT2D eigenvalue weighted by Gasteiger charge is -2.02. The van der Waals surface area contributed by atoms with Crippen LogP contribution in [0, 0.1) is 13.8 Å².